The monoisotopic (exact) mass is 173 g/mol. The zero-order chi connectivity index (χ0) is 9.61. The molecule has 1 atom stereocenters. The number of carbonyl (C=O) groups is 1. The van der Waals surface area contributed by atoms with Gasteiger partial charge < -0.3 is 9.84 Å². The number of hydrogen-bond donors (Lipinski definition) is 2. The summed E-state index contributed by atoms with van der Waals surface area (Å²) in [6, 6.07) is 0. The van der Waals surface area contributed by atoms with Gasteiger partial charge in [0.2, 0.25) is 5.91 Å². The van der Waals surface area contributed by atoms with Gasteiger partial charge in [-0.15, -0.1) is 0 Å². The van der Waals surface area contributed by atoms with E-state index in [1.54, 1.807) is 6.92 Å². The summed E-state index contributed by atoms with van der Waals surface area (Å²) in [5, 5.41) is 12.0. The van der Waals surface area contributed by atoms with Gasteiger partial charge in [0.15, 0.2) is 5.78 Å². The van der Waals surface area contributed by atoms with Gasteiger partial charge in [0.25, 0.3) is 0 Å². The molecule has 0 heterocycles. The minimum atomic E-state index is -1.56. The third kappa shape index (κ3) is 3.61. The molecule has 2 N–H and O–H groups in total. The first-order valence-electron chi connectivity index (χ1n) is 3.78. The lowest BCUT2D eigenvalue weighted by molar-refractivity contribution is -0.219. The summed E-state index contributed by atoms with van der Waals surface area (Å²) in [4.78, 5) is 10.9. The minimum absolute atomic E-state index is 0.124. The molecule has 0 rings (SSSR count). The third-order valence-corrected chi connectivity index (χ3v) is 1.42. The van der Waals surface area contributed by atoms with Crippen LogP contribution in [0.2, 0.25) is 0 Å². The maximum absolute atomic E-state index is 10.9. The fourth-order valence-electron chi connectivity index (χ4n) is 0.759. The van der Waals surface area contributed by atoms with Crippen molar-refractivity contribution in [1.82, 2.24) is 5.32 Å². The van der Waals surface area contributed by atoms with Crippen molar-refractivity contribution in [3.63, 3.8) is 0 Å². The Morgan fingerprint density at radius 1 is 1.83 bits per heavy atom. The molecule has 0 saturated heterocycles. The molecule has 0 aromatic rings. The van der Waals surface area contributed by atoms with Crippen molar-refractivity contribution < 1.29 is 14.6 Å². The van der Waals surface area contributed by atoms with Crippen LogP contribution in [0.3, 0.4) is 0 Å². The molecule has 0 bridgehead atoms. The summed E-state index contributed by atoms with van der Waals surface area (Å²) in [6.07, 6.45) is 1.03. The van der Waals surface area contributed by atoms with Gasteiger partial charge >= 0.3 is 0 Å². The van der Waals surface area contributed by atoms with Crippen LogP contribution in [-0.2, 0) is 9.53 Å². The summed E-state index contributed by atoms with van der Waals surface area (Å²) >= 11 is 0. The molecule has 4 heteroatoms. The quantitative estimate of drug-likeness (QED) is 0.439. The minimum Gasteiger partial charge on any atom is -0.353 e. The smallest absolute Gasteiger partial charge is 0.232 e. The first-order chi connectivity index (χ1) is 5.58. The van der Waals surface area contributed by atoms with Crippen LogP contribution < -0.4 is 5.32 Å². The second-order valence-corrected chi connectivity index (χ2v) is 2.31. The number of ketones is 1. The largest absolute Gasteiger partial charge is 0.353 e. The zero-order valence-electron chi connectivity index (χ0n) is 7.46. The van der Waals surface area contributed by atoms with Crippen molar-refractivity contribution in [1.29, 1.82) is 0 Å². The molecule has 0 saturated carbocycles. The average molecular weight is 173 g/mol. The van der Waals surface area contributed by atoms with E-state index in [1.807, 2.05) is 0 Å². The second-order valence-electron chi connectivity index (χ2n) is 2.31. The van der Waals surface area contributed by atoms with E-state index in [2.05, 4.69) is 11.9 Å². The summed E-state index contributed by atoms with van der Waals surface area (Å²) in [5.41, 5.74) is 0. The lowest BCUT2D eigenvalue weighted by Crippen LogP contribution is -2.47. The molecular weight excluding hydrogens is 158 g/mol. The number of aliphatic hydroxyl groups is 1. The lowest BCUT2D eigenvalue weighted by Gasteiger charge is -2.25. The second kappa shape index (κ2) is 5.03. The molecule has 0 aliphatic rings. The van der Waals surface area contributed by atoms with Gasteiger partial charge in [-0.3, -0.25) is 10.1 Å². The Kier molecular flexibility index (Phi) is 4.73. The van der Waals surface area contributed by atoms with Gasteiger partial charge in [-0.2, -0.15) is 0 Å². The Bertz CT molecular complexity index is 170. The van der Waals surface area contributed by atoms with Crippen LogP contribution in [0, 0.1) is 0 Å². The summed E-state index contributed by atoms with van der Waals surface area (Å²) in [6.45, 7) is 5.37. The molecule has 0 aromatic heterocycles. The van der Waals surface area contributed by atoms with Gasteiger partial charge in [-0.25, -0.2) is 0 Å². The first-order valence-corrected chi connectivity index (χ1v) is 3.78. The van der Waals surface area contributed by atoms with Crippen LogP contribution in [0.1, 0.15) is 13.3 Å². The Labute approximate surface area is 72.2 Å². The molecule has 12 heavy (non-hydrogen) atoms. The molecule has 70 valence electrons. The van der Waals surface area contributed by atoms with E-state index < -0.39 is 5.91 Å². The molecule has 4 nitrogen and oxygen atoms in total. The van der Waals surface area contributed by atoms with E-state index in [1.165, 1.54) is 7.05 Å². The standard InChI is InChI=1S/C8H15NO3/c1-4-7(10)6-8(11,9-3)12-5-2/h4,9,11H,1,5-6H2,2-3H3. The van der Waals surface area contributed by atoms with Gasteiger partial charge in [-0.1, -0.05) is 6.58 Å². The normalized spacial score (nSPS) is 15.2. The van der Waals surface area contributed by atoms with Crippen molar-refractivity contribution in [2.75, 3.05) is 13.7 Å². The summed E-state index contributed by atoms with van der Waals surface area (Å²) in [5.74, 6) is -1.82. The van der Waals surface area contributed by atoms with Crippen LogP contribution in [-0.4, -0.2) is 30.5 Å². The highest BCUT2D eigenvalue weighted by atomic mass is 16.6. The van der Waals surface area contributed by atoms with Crippen LogP contribution in [0.4, 0.5) is 0 Å². The highest BCUT2D eigenvalue weighted by Crippen LogP contribution is 2.08. The predicted molar refractivity (Wildman–Crippen MR) is 45.5 cm³/mol. The molecule has 0 aliphatic carbocycles. The Morgan fingerprint density at radius 2 is 2.42 bits per heavy atom. The summed E-state index contributed by atoms with van der Waals surface area (Å²) < 4.78 is 4.93. The fourth-order valence-corrected chi connectivity index (χ4v) is 0.759. The van der Waals surface area contributed by atoms with Gasteiger partial charge in [-0.05, 0) is 20.0 Å². The first kappa shape index (κ1) is 11.3. The highest BCUT2D eigenvalue weighted by molar-refractivity contribution is 5.89. The molecule has 0 aliphatic heterocycles. The highest BCUT2D eigenvalue weighted by Gasteiger charge is 2.27. The third-order valence-electron chi connectivity index (χ3n) is 1.42. The number of allylic oxidation sites excluding steroid dienone is 1. The number of carbonyl (C=O) groups excluding carboxylic acids is 1. The van der Waals surface area contributed by atoms with Crippen molar-refractivity contribution >= 4 is 5.78 Å². The Morgan fingerprint density at radius 3 is 2.75 bits per heavy atom. The van der Waals surface area contributed by atoms with Gasteiger partial charge in [0.1, 0.15) is 0 Å². The van der Waals surface area contributed by atoms with E-state index in [4.69, 9.17) is 4.74 Å². The maximum Gasteiger partial charge on any atom is 0.232 e. The maximum atomic E-state index is 10.9. The molecule has 0 spiro atoms. The van der Waals surface area contributed by atoms with Gasteiger partial charge in [0.05, 0.1) is 6.42 Å². The molecule has 0 fully saturated rings. The average Bonchev–Trinajstić information content (AvgIpc) is 2.05. The zero-order valence-corrected chi connectivity index (χ0v) is 7.46. The van der Waals surface area contributed by atoms with Crippen molar-refractivity contribution in [2.24, 2.45) is 0 Å². The predicted octanol–water partition coefficient (Wildman–Crippen LogP) is 0.0336. The Balaban J connectivity index is 4.12. The van der Waals surface area contributed by atoms with Crippen LogP contribution in [0.25, 0.3) is 0 Å². The number of hydrogen-bond acceptors (Lipinski definition) is 4. The van der Waals surface area contributed by atoms with Crippen molar-refractivity contribution in [2.45, 2.75) is 19.3 Å². The van der Waals surface area contributed by atoms with Crippen LogP contribution in [0.15, 0.2) is 12.7 Å². The summed E-state index contributed by atoms with van der Waals surface area (Å²) in [7, 11) is 1.52. The van der Waals surface area contributed by atoms with Crippen LogP contribution >= 0.6 is 0 Å². The molecular formula is C8H15NO3. The number of ether oxygens (including phenoxy) is 1. The van der Waals surface area contributed by atoms with Gasteiger partial charge in [0, 0.05) is 6.61 Å². The topological polar surface area (TPSA) is 58.6 Å². The van der Waals surface area contributed by atoms with E-state index in [-0.39, 0.29) is 12.2 Å². The number of rotatable bonds is 6. The molecule has 0 radical (unpaired) electrons. The van der Waals surface area contributed by atoms with E-state index in [0.717, 1.165) is 6.08 Å². The van der Waals surface area contributed by atoms with E-state index in [0.29, 0.717) is 6.61 Å². The van der Waals surface area contributed by atoms with Crippen molar-refractivity contribution in [3.05, 3.63) is 12.7 Å². The van der Waals surface area contributed by atoms with Crippen molar-refractivity contribution in [3.8, 4) is 0 Å². The Hall–Kier alpha value is -0.710. The lowest BCUT2D eigenvalue weighted by atomic mass is 10.2. The molecule has 0 aromatic carbocycles. The van der Waals surface area contributed by atoms with E-state index in [9.17, 15) is 9.90 Å². The SMILES string of the molecule is C=CC(=O)CC(O)(NC)OCC. The molecule has 1 unspecified atom stereocenters. The molecule has 0 amide bonds. The van der Waals surface area contributed by atoms with Crippen LogP contribution in [0.5, 0.6) is 0 Å². The number of nitrogens with one attached hydrogen (secondary N) is 1. The van der Waals surface area contributed by atoms with E-state index >= 15 is 0 Å². The fraction of sp³-hybridized carbons (Fsp3) is 0.625.